The Kier molecular flexibility index (Phi) is 5.63. The Hall–Kier alpha value is -2.76. The zero-order valence-corrected chi connectivity index (χ0v) is 14.0. The van der Waals surface area contributed by atoms with Gasteiger partial charge in [0.1, 0.15) is 17.4 Å². The molecule has 6 nitrogen and oxygen atoms in total. The van der Waals surface area contributed by atoms with Crippen LogP contribution in [0, 0.1) is 0 Å². The van der Waals surface area contributed by atoms with Crippen molar-refractivity contribution < 1.29 is 18.7 Å². The number of carbonyl (C=O) groups excluding carboxylic acids is 2. The summed E-state index contributed by atoms with van der Waals surface area (Å²) in [5.74, 6) is 0.288. The van der Waals surface area contributed by atoms with Crippen LogP contribution in [0.5, 0.6) is 0 Å². The van der Waals surface area contributed by atoms with Gasteiger partial charge in [0, 0.05) is 0 Å². The fourth-order valence-electron chi connectivity index (χ4n) is 2.06. The standard InChI is InChI=1S/C18H22N2O4/c1-18(2,3)24-17(22)20-15(13-8-5-4-6-9-13)16(21)19-12-14-10-7-11-23-14/h4-11,15H,12H2,1-3H3,(H,19,21)(H,20,22)/t15-/m0/s1. The zero-order valence-electron chi connectivity index (χ0n) is 14.0. The molecular weight excluding hydrogens is 308 g/mol. The molecule has 0 aliphatic rings. The maximum atomic E-state index is 12.5. The second-order valence-corrected chi connectivity index (χ2v) is 6.29. The van der Waals surface area contributed by atoms with Crippen molar-refractivity contribution in [3.05, 3.63) is 60.1 Å². The molecule has 6 heteroatoms. The van der Waals surface area contributed by atoms with E-state index in [-0.39, 0.29) is 12.5 Å². The summed E-state index contributed by atoms with van der Waals surface area (Å²) >= 11 is 0. The highest BCUT2D eigenvalue weighted by molar-refractivity contribution is 5.86. The Balaban J connectivity index is 2.07. The summed E-state index contributed by atoms with van der Waals surface area (Å²) < 4.78 is 10.4. The minimum Gasteiger partial charge on any atom is -0.467 e. The summed E-state index contributed by atoms with van der Waals surface area (Å²) in [6, 6.07) is 11.7. The molecule has 0 radical (unpaired) electrons. The van der Waals surface area contributed by atoms with Gasteiger partial charge in [-0.25, -0.2) is 4.79 Å². The monoisotopic (exact) mass is 330 g/mol. The van der Waals surface area contributed by atoms with E-state index in [1.807, 2.05) is 6.07 Å². The van der Waals surface area contributed by atoms with E-state index in [2.05, 4.69) is 10.6 Å². The third-order valence-electron chi connectivity index (χ3n) is 3.07. The molecule has 0 aliphatic heterocycles. The lowest BCUT2D eigenvalue weighted by Crippen LogP contribution is -2.42. The molecular formula is C18H22N2O4. The van der Waals surface area contributed by atoms with Crippen molar-refractivity contribution in [2.45, 2.75) is 39.0 Å². The molecule has 2 rings (SSSR count). The van der Waals surface area contributed by atoms with Gasteiger partial charge in [0.25, 0.3) is 0 Å². The largest absolute Gasteiger partial charge is 0.467 e. The lowest BCUT2D eigenvalue weighted by Gasteiger charge is -2.23. The Labute approximate surface area is 141 Å². The third-order valence-corrected chi connectivity index (χ3v) is 3.07. The second kappa shape index (κ2) is 7.68. The predicted octanol–water partition coefficient (Wildman–Crippen LogP) is 3.16. The molecule has 1 atom stereocenters. The molecule has 0 fully saturated rings. The Morgan fingerprint density at radius 1 is 1.12 bits per heavy atom. The highest BCUT2D eigenvalue weighted by Gasteiger charge is 2.25. The Morgan fingerprint density at radius 3 is 2.42 bits per heavy atom. The van der Waals surface area contributed by atoms with Crippen molar-refractivity contribution in [2.75, 3.05) is 0 Å². The lowest BCUT2D eigenvalue weighted by atomic mass is 10.1. The number of carbonyl (C=O) groups is 2. The first-order valence-electron chi connectivity index (χ1n) is 7.70. The van der Waals surface area contributed by atoms with Crippen molar-refractivity contribution >= 4 is 12.0 Å². The number of amides is 2. The smallest absolute Gasteiger partial charge is 0.408 e. The SMILES string of the molecule is CC(C)(C)OC(=O)N[C@H](C(=O)NCc1ccco1)c1ccccc1. The van der Waals surface area contributed by atoms with Crippen molar-refractivity contribution in [3.63, 3.8) is 0 Å². The molecule has 128 valence electrons. The fourth-order valence-corrected chi connectivity index (χ4v) is 2.06. The van der Waals surface area contributed by atoms with E-state index >= 15 is 0 Å². The summed E-state index contributed by atoms with van der Waals surface area (Å²) in [4.78, 5) is 24.6. The van der Waals surface area contributed by atoms with E-state index in [1.54, 1.807) is 57.2 Å². The number of rotatable bonds is 5. The van der Waals surface area contributed by atoms with Crippen LogP contribution in [0.1, 0.15) is 38.1 Å². The molecule has 2 aromatic rings. The first kappa shape index (κ1) is 17.6. The fraction of sp³-hybridized carbons (Fsp3) is 0.333. The van der Waals surface area contributed by atoms with Gasteiger partial charge in [-0.2, -0.15) is 0 Å². The van der Waals surface area contributed by atoms with Gasteiger partial charge in [-0.3, -0.25) is 4.79 Å². The van der Waals surface area contributed by atoms with E-state index in [1.165, 1.54) is 6.26 Å². The van der Waals surface area contributed by atoms with Crippen LogP contribution in [0.15, 0.2) is 53.1 Å². The van der Waals surface area contributed by atoms with Crippen LogP contribution >= 0.6 is 0 Å². The summed E-state index contributed by atoms with van der Waals surface area (Å²) in [6.07, 6.45) is 0.888. The molecule has 0 bridgehead atoms. The van der Waals surface area contributed by atoms with Crippen LogP contribution in [0.25, 0.3) is 0 Å². The topological polar surface area (TPSA) is 80.6 Å². The predicted molar refractivity (Wildman–Crippen MR) is 89.1 cm³/mol. The quantitative estimate of drug-likeness (QED) is 0.882. The first-order chi connectivity index (χ1) is 11.3. The van der Waals surface area contributed by atoms with Gasteiger partial charge in [0.2, 0.25) is 5.91 Å². The minimum atomic E-state index is -0.851. The zero-order chi connectivity index (χ0) is 17.6. The summed E-state index contributed by atoms with van der Waals surface area (Å²) in [5, 5.41) is 5.36. The van der Waals surface area contributed by atoms with Crippen LogP contribution in [0.4, 0.5) is 4.79 Å². The number of furan rings is 1. The number of alkyl carbamates (subject to hydrolysis) is 1. The highest BCUT2D eigenvalue weighted by atomic mass is 16.6. The first-order valence-corrected chi connectivity index (χ1v) is 7.70. The third kappa shape index (κ3) is 5.46. The van der Waals surface area contributed by atoms with Crippen molar-refractivity contribution in [1.29, 1.82) is 0 Å². The van der Waals surface area contributed by atoms with E-state index < -0.39 is 17.7 Å². The van der Waals surface area contributed by atoms with Gasteiger partial charge < -0.3 is 19.8 Å². The van der Waals surface area contributed by atoms with Crippen LogP contribution < -0.4 is 10.6 Å². The van der Waals surface area contributed by atoms with E-state index in [0.29, 0.717) is 11.3 Å². The average molecular weight is 330 g/mol. The van der Waals surface area contributed by atoms with Crippen molar-refractivity contribution in [2.24, 2.45) is 0 Å². The second-order valence-electron chi connectivity index (χ2n) is 6.29. The van der Waals surface area contributed by atoms with E-state index in [4.69, 9.17) is 9.15 Å². The average Bonchev–Trinajstić information content (AvgIpc) is 3.03. The molecule has 0 saturated heterocycles. The molecule has 1 aromatic carbocycles. The summed E-state index contributed by atoms with van der Waals surface area (Å²) in [6.45, 7) is 5.54. The van der Waals surface area contributed by atoms with Gasteiger partial charge in [-0.15, -0.1) is 0 Å². The molecule has 2 amide bonds. The van der Waals surface area contributed by atoms with Crippen molar-refractivity contribution in [1.82, 2.24) is 10.6 Å². The molecule has 0 saturated carbocycles. The van der Waals surface area contributed by atoms with Crippen molar-refractivity contribution in [3.8, 4) is 0 Å². The van der Waals surface area contributed by atoms with E-state index in [0.717, 1.165) is 0 Å². The molecule has 24 heavy (non-hydrogen) atoms. The van der Waals surface area contributed by atoms with Crippen LogP contribution in [0.3, 0.4) is 0 Å². The summed E-state index contributed by atoms with van der Waals surface area (Å²) in [7, 11) is 0. The van der Waals surface area contributed by atoms with Crippen LogP contribution in [-0.2, 0) is 16.1 Å². The number of benzene rings is 1. The van der Waals surface area contributed by atoms with Gasteiger partial charge in [0.15, 0.2) is 0 Å². The van der Waals surface area contributed by atoms with Crippen LogP contribution in [0.2, 0.25) is 0 Å². The van der Waals surface area contributed by atoms with E-state index in [9.17, 15) is 9.59 Å². The Morgan fingerprint density at radius 2 is 1.83 bits per heavy atom. The molecule has 2 N–H and O–H groups in total. The number of hydrogen-bond acceptors (Lipinski definition) is 4. The van der Waals surface area contributed by atoms with Gasteiger partial charge in [-0.05, 0) is 38.5 Å². The lowest BCUT2D eigenvalue weighted by molar-refractivity contribution is -0.123. The Bertz CT molecular complexity index is 660. The maximum Gasteiger partial charge on any atom is 0.408 e. The number of ether oxygens (including phenoxy) is 1. The molecule has 1 aromatic heterocycles. The number of nitrogens with one attached hydrogen (secondary N) is 2. The molecule has 0 aliphatic carbocycles. The molecule has 1 heterocycles. The van der Waals surface area contributed by atoms with Gasteiger partial charge >= 0.3 is 6.09 Å². The minimum absolute atomic E-state index is 0.241. The molecule has 0 spiro atoms. The number of hydrogen-bond donors (Lipinski definition) is 2. The highest BCUT2D eigenvalue weighted by Crippen LogP contribution is 2.15. The normalized spacial score (nSPS) is 12.3. The van der Waals surface area contributed by atoms with Gasteiger partial charge in [0.05, 0.1) is 12.8 Å². The van der Waals surface area contributed by atoms with Crippen LogP contribution in [-0.4, -0.2) is 17.6 Å². The molecule has 0 unspecified atom stereocenters. The summed E-state index contributed by atoms with van der Waals surface area (Å²) in [5.41, 5.74) is 0.0241. The van der Waals surface area contributed by atoms with Gasteiger partial charge in [-0.1, -0.05) is 30.3 Å². The maximum absolute atomic E-state index is 12.5.